The van der Waals surface area contributed by atoms with Crippen molar-refractivity contribution in [3.63, 3.8) is 0 Å². The highest BCUT2D eigenvalue weighted by Crippen LogP contribution is 2.23. The molecule has 7 heteroatoms. The van der Waals surface area contributed by atoms with Gasteiger partial charge in [-0.15, -0.1) is 0 Å². The monoisotopic (exact) mass is 397 g/mol. The van der Waals surface area contributed by atoms with Gasteiger partial charge in [-0.1, -0.05) is 17.7 Å². The molecule has 1 N–H and O–H groups in total. The molecule has 28 heavy (non-hydrogen) atoms. The Labute approximate surface area is 165 Å². The summed E-state index contributed by atoms with van der Waals surface area (Å²) in [7, 11) is -2.04. The number of ether oxygens (including phenoxy) is 1. The fourth-order valence-electron chi connectivity index (χ4n) is 3.25. The highest BCUT2D eigenvalue weighted by atomic mass is 32.2. The third-order valence-corrected chi connectivity index (χ3v) is 6.13. The van der Waals surface area contributed by atoms with E-state index in [1.54, 1.807) is 27.0 Å². The number of methoxy groups -OCH3 is 1. The largest absolute Gasteiger partial charge is 0.497 e. The van der Waals surface area contributed by atoms with Crippen LogP contribution < -0.4 is 9.46 Å². The highest BCUT2D eigenvalue weighted by Gasteiger charge is 2.20. The van der Waals surface area contributed by atoms with E-state index in [0.29, 0.717) is 10.6 Å². The van der Waals surface area contributed by atoms with Crippen molar-refractivity contribution in [3.8, 4) is 17.0 Å². The molecule has 0 atom stereocenters. The van der Waals surface area contributed by atoms with Gasteiger partial charge in [-0.3, -0.25) is 0 Å². The minimum atomic E-state index is -3.65. The predicted molar refractivity (Wildman–Crippen MR) is 109 cm³/mol. The Kier molecular flexibility index (Phi) is 5.76. The molecule has 0 bridgehead atoms. The van der Waals surface area contributed by atoms with Crippen LogP contribution in [-0.4, -0.2) is 25.5 Å². The fourth-order valence-corrected chi connectivity index (χ4v) is 4.69. The number of hydrogen-bond donors (Lipinski definition) is 1. The smallest absolute Gasteiger partial charge is 0.241 e. The lowest BCUT2D eigenvalue weighted by atomic mass is 10.1. The summed E-state index contributed by atoms with van der Waals surface area (Å²) in [6, 6.07) is 13.0. The van der Waals surface area contributed by atoms with Crippen LogP contribution in [-0.2, 0) is 16.6 Å². The molecule has 0 spiro atoms. The minimum Gasteiger partial charge on any atom is -0.497 e. The zero-order valence-corrected chi connectivity index (χ0v) is 17.2. The van der Waals surface area contributed by atoms with Gasteiger partial charge < -0.3 is 4.74 Å². The average molecular weight is 398 g/mol. The Morgan fingerprint density at radius 1 is 0.964 bits per heavy atom. The summed E-state index contributed by atoms with van der Waals surface area (Å²) in [6.45, 7) is 5.65. The summed E-state index contributed by atoms with van der Waals surface area (Å²) in [5, 5.41) is 0. The molecule has 3 rings (SSSR count). The maximum Gasteiger partial charge on any atom is 0.241 e. The number of rotatable bonds is 6. The van der Waals surface area contributed by atoms with Crippen molar-refractivity contribution < 1.29 is 13.2 Å². The lowest BCUT2D eigenvalue weighted by molar-refractivity contribution is 0.415. The van der Waals surface area contributed by atoms with Crippen LogP contribution in [0.1, 0.15) is 22.4 Å². The molecule has 0 aliphatic carbocycles. The molecule has 1 heterocycles. The molecule has 0 fully saturated rings. The van der Waals surface area contributed by atoms with E-state index in [0.717, 1.165) is 33.7 Å². The Morgan fingerprint density at radius 3 is 2.21 bits per heavy atom. The van der Waals surface area contributed by atoms with Gasteiger partial charge in [0.25, 0.3) is 0 Å². The Bertz CT molecular complexity index is 1070. The van der Waals surface area contributed by atoms with Gasteiger partial charge in [0.15, 0.2) is 0 Å². The van der Waals surface area contributed by atoms with Crippen molar-refractivity contribution in [3.05, 3.63) is 71.2 Å². The standard InChI is InChI=1S/C21H23N3O3S/c1-14-9-15(2)21(16(3)10-14)28(25,26)24-12-18-11-20(23-13-22-18)17-5-7-19(27-4)8-6-17/h5-11,13,24H,12H2,1-4H3. The Balaban J connectivity index is 1.81. The molecule has 146 valence electrons. The van der Waals surface area contributed by atoms with Crippen LogP contribution in [0.5, 0.6) is 5.75 Å². The van der Waals surface area contributed by atoms with Crippen LogP contribution in [0.3, 0.4) is 0 Å². The summed E-state index contributed by atoms with van der Waals surface area (Å²) < 4.78 is 33.4. The molecule has 0 saturated heterocycles. The molecule has 0 unspecified atom stereocenters. The van der Waals surface area contributed by atoms with Gasteiger partial charge in [-0.05, 0) is 62.2 Å². The summed E-state index contributed by atoms with van der Waals surface area (Å²) in [6.07, 6.45) is 1.44. The van der Waals surface area contributed by atoms with E-state index in [2.05, 4.69) is 14.7 Å². The quantitative estimate of drug-likeness (QED) is 0.688. The fraction of sp³-hybridized carbons (Fsp3) is 0.238. The maximum absolute atomic E-state index is 12.8. The van der Waals surface area contributed by atoms with Gasteiger partial charge >= 0.3 is 0 Å². The molecule has 2 aromatic carbocycles. The Hall–Kier alpha value is -2.77. The summed E-state index contributed by atoms with van der Waals surface area (Å²) in [5.41, 5.74) is 4.70. The number of hydrogen-bond acceptors (Lipinski definition) is 5. The summed E-state index contributed by atoms with van der Waals surface area (Å²) in [4.78, 5) is 8.79. The maximum atomic E-state index is 12.8. The van der Waals surface area contributed by atoms with Crippen LogP contribution in [0.4, 0.5) is 0 Å². The molecule has 0 radical (unpaired) electrons. The zero-order valence-electron chi connectivity index (χ0n) is 16.4. The van der Waals surface area contributed by atoms with Crippen molar-refractivity contribution in [2.24, 2.45) is 0 Å². The van der Waals surface area contributed by atoms with E-state index < -0.39 is 10.0 Å². The molecule has 0 saturated carbocycles. The second kappa shape index (κ2) is 8.08. The van der Waals surface area contributed by atoms with E-state index >= 15 is 0 Å². The number of nitrogens with zero attached hydrogens (tertiary/aromatic N) is 2. The molecule has 3 aromatic rings. The first-order valence-corrected chi connectivity index (χ1v) is 10.3. The van der Waals surface area contributed by atoms with E-state index in [1.807, 2.05) is 43.3 Å². The van der Waals surface area contributed by atoms with Gasteiger partial charge in [-0.2, -0.15) is 0 Å². The number of aryl methyl sites for hydroxylation is 3. The molecular formula is C21H23N3O3S. The van der Waals surface area contributed by atoms with Crippen LogP contribution in [0.25, 0.3) is 11.3 Å². The van der Waals surface area contributed by atoms with Crippen molar-refractivity contribution in [1.29, 1.82) is 0 Å². The second-order valence-electron chi connectivity index (χ2n) is 6.68. The van der Waals surface area contributed by atoms with E-state index in [9.17, 15) is 8.42 Å². The first-order valence-electron chi connectivity index (χ1n) is 8.83. The first-order chi connectivity index (χ1) is 13.3. The van der Waals surface area contributed by atoms with Crippen molar-refractivity contribution in [2.45, 2.75) is 32.2 Å². The minimum absolute atomic E-state index is 0.0841. The SMILES string of the molecule is COc1ccc(-c2cc(CNS(=O)(=O)c3c(C)cc(C)cc3C)ncn2)cc1. The summed E-state index contributed by atoms with van der Waals surface area (Å²) in [5.74, 6) is 0.759. The molecular weight excluding hydrogens is 374 g/mol. The number of sulfonamides is 1. The van der Waals surface area contributed by atoms with Crippen LogP contribution in [0.2, 0.25) is 0 Å². The normalized spacial score (nSPS) is 11.4. The molecule has 0 amide bonds. The third kappa shape index (κ3) is 4.37. The predicted octanol–water partition coefficient (Wildman–Crippen LogP) is 3.56. The number of benzene rings is 2. The van der Waals surface area contributed by atoms with Crippen molar-refractivity contribution in [2.75, 3.05) is 7.11 Å². The second-order valence-corrected chi connectivity index (χ2v) is 8.38. The number of aromatic nitrogens is 2. The molecule has 0 aliphatic heterocycles. The molecule has 1 aromatic heterocycles. The van der Waals surface area contributed by atoms with Crippen LogP contribution in [0.15, 0.2) is 53.7 Å². The first kappa shape index (κ1) is 20.0. The lowest BCUT2D eigenvalue weighted by Crippen LogP contribution is -2.25. The van der Waals surface area contributed by atoms with Gasteiger partial charge in [-0.25, -0.2) is 23.1 Å². The van der Waals surface area contributed by atoms with E-state index in [1.165, 1.54) is 6.33 Å². The average Bonchev–Trinajstić information content (AvgIpc) is 2.66. The number of nitrogens with one attached hydrogen (secondary N) is 1. The zero-order chi connectivity index (χ0) is 20.3. The topological polar surface area (TPSA) is 81.2 Å². The van der Waals surface area contributed by atoms with Crippen LogP contribution in [0, 0.1) is 20.8 Å². The van der Waals surface area contributed by atoms with Crippen LogP contribution >= 0.6 is 0 Å². The van der Waals surface area contributed by atoms with E-state index in [-0.39, 0.29) is 6.54 Å². The highest BCUT2D eigenvalue weighted by molar-refractivity contribution is 7.89. The van der Waals surface area contributed by atoms with Crippen molar-refractivity contribution in [1.82, 2.24) is 14.7 Å². The van der Waals surface area contributed by atoms with Gasteiger partial charge in [0.2, 0.25) is 10.0 Å². The summed E-state index contributed by atoms with van der Waals surface area (Å²) >= 11 is 0. The van der Waals surface area contributed by atoms with Gasteiger partial charge in [0.1, 0.15) is 12.1 Å². The van der Waals surface area contributed by atoms with Gasteiger partial charge in [0, 0.05) is 5.56 Å². The van der Waals surface area contributed by atoms with Gasteiger partial charge in [0.05, 0.1) is 29.9 Å². The Morgan fingerprint density at radius 2 is 1.61 bits per heavy atom. The third-order valence-electron chi connectivity index (χ3n) is 4.43. The molecule has 0 aliphatic rings. The van der Waals surface area contributed by atoms with Crippen molar-refractivity contribution >= 4 is 10.0 Å². The molecule has 6 nitrogen and oxygen atoms in total. The lowest BCUT2D eigenvalue weighted by Gasteiger charge is -2.13. The van der Waals surface area contributed by atoms with E-state index in [4.69, 9.17) is 4.74 Å².